The van der Waals surface area contributed by atoms with E-state index in [2.05, 4.69) is 0 Å². The summed E-state index contributed by atoms with van der Waals surface area (Å²) in [5.41, 5.74) is 1.27. The summed E-state index contributed by atoms with van der Waals surface area (Å²) in [6.07, 6.45) is 3.40. The molecule has 1 amide bonds. The number of carbonyl (C=O) groups excluding carboxylic acids is 1. The van der Waals surface area contributed by atoms with Crippen LogP contribution in [0.2, 0.25) is 0 Å². The van der Waals surface area contributed by atoms with Crippen molar-refractivity contribution in [2.45, 2.75) is 36.6 Å². The first-order chi connectivity index (χ1) is 13.5. The lowest BCUT2D eigenvalue weighted by Gasteiger charge is -2.25. The maximum atomic E-state index is 13.2. The topological polar surface area (TPSA) is 57.7 Å². The molecule has 7 heteroatoms. The molecule has 2 aromatic rings. The fourth-order valence-electron chi connectivity index (χ4n) is 4.07. The molecule has 2 aliphatic heterocycles. The van der Waals surface area contributed by atoms with Crippen LogP contribution < -0.4 is 0 Å². The highest BCUT2D eigenvalue weighted by molar-refractivity contribution is 7.89. The van der Waals surface area contributed by atoms with Gasteiger partial charge in [-0.25, -0.2) is 12.8 Å². The average molecular weight is 402 g/mol. The molecule has 0 radical (unpaired) electrons. The van der Waals surface area contributed by atoms with Gasteiger partial charge in [-0.05, 0) is 61.6 Å². The van der Waals surface area contributed by atoms with Crippen LogP contribution in [0.3, 0.4) is 0 Å². The highest BCUT2D eigenvalue weighted by atomic mass is 32.2. The monoisotopic (exact) mass is 402 g/mol. The van der Waals surface area contributed by atoms with Gasteiger partial charge in [-0.1, -0.05) is 18.2 Å². The van der Waals surface area contributed by atoms with Gasteiger partial charge in [-0.2, -0.15) is 4.31 Å². The molecule has 2 saturated heterocycles. The third-order valence-corrected chi connectivity index (χ3v) is 7.45. The van der Waals surface area contributed by atoms with Gasteiger partial charge in [0.05, 0.1) is 10.9 Å². The lowest BCUT2D eigenvalue weighted by atomic mass is 10.0. The van der Waals surface area contributed by atoms with Gasteiger partial charge in [0.2, 0.25) is 10.0 Å². The van der Waals surface area contributed by atoms with Crippen LogP contribution in [-0.4, -0.2) is 43.2 Å². The number of halogens is 1. The molecule has 0 saturated carbocycles. The van der Waals surface area contributed by atoms with Crippen LogP contribution in [0.5, 0.6) is 0 Å². The van der Waals surface area contributed by atoms with E-state index in [0.717, 1.165) is 31.2 Å². The van der Waals surface area contributed by atoms with Crippen LogP contribution >= 0.6 is 0 Å². The Balaban J connectivity index is 1.60. The highest BCUT2D eigenvalue weighted by Gasteiger charge is 2.32. The van der Waals surface area contributed by atoms with Crippen molar-refractivity contribution in [2.24, 2.45) is 0 Å². The number of hydrogen-bond acceptors (Lipinski definition) is 3. The molecule has 28 heavy (non-hydrogen) atoms. The molecule has 1 unspecified atom stereocenters. The molecular weight excluding hydrogens is 379 g/mol. The first kappa shape index (κ1) is 19.1. The van der Waals surface area contributed by atoms with Gasteiger partial charge < -0.3 is 4.90 Å². The van der Waals surface area contributed by atoms with Crippen molar-refractivity contribution < 1.29 is 17.6 Å². The van der Waals surface area contributed by atoms with E-state index < -0.39 is 10.0 Å². The predicted molar refractivity (Wildman–Crippen MR) is 104 cm³/mol. The number of nitrogens with zero attached hydrogens (tertiary/aromatic N) is 2. The molecule has 4 rings (SSSR count). The van der Waals surface area contributed by atoms with E-state index in [4.69, 9.17) is 0 Å². The third kappa shape index (κ3) is 3.56. The predicted octanol–water partition coefficient (Wildman–Crippen LogP) is 3.59. The van der Waals surface area contributed by atoms with Crippen molar-refractivity contribution in [2.75, 3.05) is 19.6 Å². The van der Waals surface area contributed by atoms with Crippen LogP contribution in [0.25, 0.3) is 0 Å². The number of hydrogen-bond donors (Lipinski definition) is 0. The van der Waals surface area contributed by atoms with Crippen LogP contribution in [0.1, 0.15) is 47.6 Å². The van der Waals surface area contributed by atoms with Crippen LogP contribution in [0.4, 0.5) is 4.39 Å². The molecule has 0 bridgehead atoms. The number of amides is 1. The fraction of sp³-hybridized carbons (Fsp3) is 0.381. The second kappa shape index (κ2) is 7.64. The second-order valence-electron chi connectivity index (χ2n) is 7.35. The number of sulfonamides is 1. The summed E-state index contributed by atoms with van der Waals surface area (Å²) in [6.45, 7) is 1.66. The summed E-state index contributed by atoms with van der Waals surface area (Å²) < 4.78 is 40.3. The van der Waals surface area contributed by atoms with Gasteiger partial charge in [0.1, 0.15) is 5.82 Å². The zero-order valence-electron chi connectivity index (χ0n) is 15.6. The summed E-state index contributed by atoms with van der Waals surface area (Å²) in [5, 5.41) is 0. The molecule has 0 N–H and O–H groups in total. The largest absolute Gasteiger partial charge is 0.332 e. The maximum Gasteiger partial charge on any atom is 0.254 e. The van der Waals surface area contributed by atoms with Crippen LogP contribution in [0, 0.1) is 5.82 Å². The van der Waals surface area contributed by atoms with E-state index in [1.165, 1.54) is 22.5 Å². The standard InChI is InChI=1S/C21H23FN2O3S/c22-18-10-8-16(9-11-18)20-7-4-14-24(20)21(25)17-5-3-6-19(15-17)28(26,27)23-12-1-2-13-23/h3,5-6,8-11,15,20H,1-2,4,7,12-14H2. The van der Waals surface area contributed by atoms with E-state index in [-0.39, 0.29) is 22.7 Å². The van der Waals surface area contributed by atoms with Crippen LogP contribution in [-0.2, 0) is 10.0 Å². The van der Waals surface area contributed by atoms with Crippen molar-refractivity contribution >= 4 is 15.9 Å². The van der Waals surface area contributed by atoms with Gasteiger partial charge in [-0.15, -0.1) is 0 Å². The van der Waals surface area contributed by atoms with Gasteiger partial charge in [0.25, 0.3) is 5.91 Å². The normalized spacial score (nSPS) is 20.6. The number of likely N-dealkylation sites (tertiary alicyclic amines) is 1. The average Bonchev–Trinajstić information content (AvgIpc) is 3.40. The van der Waals surface area contributed by atoms with E-state index in [0.29, 0.717) is 25.2 Å². The second-order valence-corrected chi connectivity index (χ2v) is 9.29. The molecule has 0 spiro atoms. The highest BCUT2D eigenvalue weighted by Crippen LogP contribution is 2.33. The smallest absolute Gasteiger partial charge is 0.254 e. The zero-order chi connectivity index (χ0) is 19.7. The molecule has 0 aliphatic carbocycles. The number of benzene rings is 2. The molecule has 0 aromatic heterocycles. The van der Waals surface area contributed by atoms with E-state index in [1.54, 1.807) is 35.2 Å². The maximum absolute atomic E-state index is 13.2. The van der Waals surface area contributed by atoms with Gasteiger partial charge >= 0.3 is 0 Å². The Morgan fingerprint density at radius 2 is 1.68 bits per heavy atom. The summed E-state index contributed by atoms with van der Waals surface area (Å²) in [5.74, 6) is -0.496. The van der Waals surface area contributed by atoms with Crippen molar-refractivity contribution in [1.82, 2.24) is 9.21 Å². The molecule has 2 heterocycles. The lowest BCUT2D eigenvalue weighted by Crippen LogP contribution is -2.31. The van der Waals surface area contributed by atoms with Crippen molar-refractivity contribution in [3.8, 4) is 0 Å². The number of carbonyl (C=O) groups is 1. The first-order valence-electron chi connectivity index (χ1n) is 9.63. The molecule has 148 valence electrons. The minimum Gasteiger partial charge on any atom is -0.332 e. The van der Waals surface area contributed by atoms with Crippen molar-refractivity contribution in [3.63, 3.8) is 0 Å². The molecule has 2 fully saturated rings. The van der Waals surface area contributed by atoms with Gasteiger partial charge in [-0.3, -0.25) is 4.79 Å². The Kier molecular flexibility index (Phi) is 5.21. The summed E-state index contributed by atoms with van der Waals surface area (Å²) in [4.78, 5) is 15.1. The molecular formula is C21H23FN2O3S. The minimum absolute atomic E-state index is 0.119. The SMILES string of the molecule is O=C(c1cccc(S(=O)(=O)N2CCCC2)c1)N1CCCC1c1ccc(F)cc1. The van der Waals surface area contributed by atoms with E-state index in [1.807, 2.05) is 0 Å². The molecule has 2 aromatic carbocycles. The Morgan fingerprint density at radius 1 is 0.964 bits per heavy atom. The third-order valence-electron chi connectivity index (χ3n) is 5.55. The number of rotatable bonds is 4. The lowest BCUT2D eigenvalue weighted by molar-refractivity contribution is 0.0735. The van der Waals surface area contributed by atoms with Crippen molar-refractivity contribution in [1.29, 1.82) is 0 Å². The van der Waals surface area contributed by atoms with Crippen molar-refractivity contribution in [3.05, 3.63) is 65.5 Å². The summed E-state index contributed by atoms with van der Waals surface area (Å²) in [6, 6.07) is 12.4. The Labute approximate surface area is 164 Å². The van der Waals surface area contributed by atoms with Gasteiger partial charge in [0.15, 0.2) is 0 Å². The van der Waals surface area contributed by atoms with Crippen LogP contribution in [0.15, 0.2) is 53.4 Å². The Hall–Kier alpha value is -2.25. The van der Waals surface area contributed by atoms with E-state index in [9.17, 15) is 17.6 Å². The summed E-state index contributed by atoms with van der Waals surface area (Å²) in [7, 11) is -3.57. The van der Waals surface area contributed by atoms with Gasteiger partial charge in [0, 0.05) is 25.2 Å². The first-order valence-corrected chi connectivity index (χ1v) is 11.1. The Morgan fingerprint density at radius 3 is 2.39 bits per heavy atom. The summed E-state index contributed by atoms with van der Waals surface area (Å²) >= 11 is 0. The molecule has 1 atom stereocenters. The quantitative estimate of drug-likeness (QED) is 0.785. The Bertz CT molecular complexity index is 969. The minimum atomic E-state index is -3.57. The zero-order valence-corrected chi connectivity index (χ0v) is 16.4. The molecule has 5 nitrogen and oxygen atoms in total. The van der Waals surface area contributed by atoms with E-state index >= 15 is 0 Å². The molecule has 2 aliphatic rings. The fourth-order valence-corrected chi connectivity index (χ4v) is 5.64.